The quantitative estimate of drug-likeness (QED) is 0.917. The van der Waals surface area contributed by atoms with E-state index in [-0.39, 0.29) is 12.4 Å². The van der Waals surface area contributed by atoms with Crippen molar-refractivity contribution in [1.82, 2.24) is 0 Å². The summed E-state index contributed by atoms with van der Waals surface area (Å²) in [6.07, 6.45) is 0. The number of aryl methyl sites for hydroxylation is 1. The largest absolute Gasteiger partial charge is 0.493 e. The van der Waals surface area contributed by atoms with E-state index >= 15 is 0 Å². The first kappa shape index (κ1) is 13.4. The van der Waals surface area contributed by atoms with Crippen LogP contribution < -0.4 is 15.2 Å². The van der Waals surface area contributed by atoms with Crippen molar-refractivity contribution >= 4 is 0 Å². The summed E-state index contributed by atoms with van der Waals surface area (Å²) in [5.74, 6) is 1.19. The van der Waals surface area contributed by atoms with Crippen LogP contribution in [0.1, 0.15) is 11.1 Å². The van der Waals surface area contributed by atoms with E-state index in [4.69, 9.17) is 15.2 Å². The molecule has 4 heteroatoms. The van der Waals surface area contributed by atoms with Gasteiger partial charge in [0.2, 0.25) is 0 Å². The van der Waals surface area contributed by atoms with E-state index in [1.54, 1.807) is 19.2 Å². The maximum atomic E-state index is 13.4. The van der Waals surface area contributed by atoms with Gasteiger partial charge in [0.05, 0.1) is 7.11 Å². The molecule has 0 unspecified atom stereocenters. The summed E-state index contributed by atoms with van der Waals surface area (Å²) < 4.78 is 24.3. The van der Waals surface area contributed by atoms with Crippen LogP contribution in [-0.2, 0) is 6.54 Å². The number of nitrogens with two attached hydrogens (primary N) is 1. The van der Waals surface area contributed by atoms with Gasteiger partial charge in [-0.05, 0) is 42.3 Å². The second kappa shape index (κ2) is 5.71. The number of hydrogen-bond donors (Lipinski definition) is 1. The van der Waals surface area contributed by atoms with Crippen molar-refractivity contribution in [3.63, 3.8) is 0 Å². The molecule has 0 fully saturated rings. The highest BCUT2D eigenvalue weighted by molar-refractivity contribution is 5.45. The van der Waals surface area contributed by atoms with Gasteiger partial charge in [-0.15, -0.1) is 0 Å². The van der Waals surface area contributed by atoms with Crippen molar-refractivity contribution in [2.45, 2.75) is 13.5 Å². The third-order valence-electron chi connectivity index (χ3n) is 2.71. The Balaban J connectivity index is 2.33. The molecule has 0 aliphatic heterocycles. The van der Waals surface area contributed by atoms with Gasteiger partial charge in [-0.25, -0.2) is 4.39 Å². The lowest BCUT2D eigenvalue weighted by atomic mass is 10.2. The molecule has 2 aromatic rings. The molecule has 0 aliphatic carbocycles. The van der Waals surface area contributed by atoms with Gasteiger partial charge in [0, 0.05) is 12.6 Å². The molecule has 0 bridgehead atoms. The average molecular weight is 261 g/mol. The summed E-state index contributed by atoms with van der Waals surface area (Å²) in [6.45, 7) is 2.22. The van der Waals surface area contributed by atoms with Crippen molar-refractivity contribution in [2.75, 3.05) is 7.11 Å². The van der Waals surface area contributed by atoms with E-state index in [0.717, 1.165) is 5.56 Å². The van der Waals surface area contributed by atoms with Crippen molar-refractivity contribution in [3.8, 4) is 17.2 Å². The summed E-state index contributed by atoms with van der Waals surface area (Å²) in [4.78, 5) is 0. The molecule has 2 N–H and O–H groups in total. The molecule has 0 atom stereocenters. The first-order chi connectivity index (χ1) is 9.12. The predicted molar refractivity (Wildman–Crippen MR) is 72.1 cm³/mol. The molecule has 2 aromatic carbocycles. The van der Waals surface area contributed by atoms with Crippen molar-refractivity contribution < 1.29 is 13.9 Å². The highest BCUT2D eigenvalue weighted by Gasteiger charge is 2.07. The van der Waals surface area contributed by atoms with Gasteiger partial charge in [0.15, 0.2) is 11.5 Å². The Kier molecular flexibility index (Phi) is 4.02. The summed E-state index contributed by atoms with van der Waals surface area (Å²) in [5.41, 5.74) is 7.25. The number of ether oxygens (including phenoxy) is 2. The highest BCUT2D eigenvalue weighted by Crippen LogP contribution is 2.32. The second-order valence-electron chi connectivity index (χ2n) is 4.26. The van der Waals surface area contributed by atoms with Crippen LogP contribution in [0.25, 0.3) is 0 Å². The molecule has 2 rings (SSSR count). The fourth-order valence-electron chi connectivity index (χ4n) is 1.78. The van der Waals surface area contributed by atoms with Gasteiger partial charge in [-0.2, -0.15) is 0 Å². The van der Waals surface area contributed by atoms with Gasteiger partial charge >= 0.3 is 0 Å². The third-order valence-corrected chi connectivity index (χ3v) is 2.71. The maximum absolute atomic E-state index is 13.4. The second-order valence-corrected chi connectivity index (χ2v) is 4.26. The first-order valence-electron chi connectivity index (χ1n) is 5.94. The number of rotatable bonds is 4. The number of hydrogen-bond acceptors (Lipinski definition) is 3. The van der Waals surface area contributed by atoms with Gasteiger partial charge in [-0.1, -0.05) is 6.07 Å². The van der Waals surface area contributed by atoms with Crippen LogP contribution in [0.3, 0.4) is 0 Å². The van der Waals surface area contributed by atoms with Crippen LogP contribution in [0.2, 0.25) is 0 Å². The Morgan fingerprint density at radius 1 is 1.11 bits per heavy atom. The zero-order valence-electron chi connectivity index (χ0n) is 10.9. The van der Waals surface area contributed by atoms with Crippen LogP contribution in [0.4, 0.5) is 4.39 Å². The monoisotopic (exact) mass is 261 g/mol. The highest BCUT2D eigenvalue weighted by atomic mass is 19.1. The van der Waals surface area contributed by atoms with Crippen LogP contribution in [0, 0.1) is 12.7 Å². The molecule has 0 spiro atoms. The standard InChI is InChI=1S/C15H16FNO2/c1-10-3-4-14(15(5-10)18-2)19-13-7-11(9-17)6-12(16)8-13/h3-8H,9,17H2,1-2H3. The van der Waals surface area contributed by atoms with Gasteiger partial charge < -0.3 is 15.2 Å². The fraction of sp³-hybridized carbons (Fsp3) is 0.200. The third kappa shape index (κ3) is 3.23. The zero-order valence-corrected chi connectivity index (χ0v) is 10.9. The minimum Gasteiger partial charge on any atom is -0.493 e. The SMILES string of the molecule is COc1cc(C)ccc1Oc1cc(F)cc(CN)c1. The maximum Gasteiger partial charge on any atom is 0.169 e. The summed E-state index contributed by atoms with van der Waals surface area (Å²) in [7, 11) is 1.57. The first-order valence-corrected chi connectivity index (χ1v) is 5.94. The van der Waals surface area contributed by atoms with Crippen LogP contribution >= 0.6 is 0 Å². The predicted octanol–water partition coefficient (Wildman–Crippen LogP) is 3.39. The molecule has 0 amide bonds. The van der Waals surface area contributed by atoms with E-state index in [1.807, 2.05) is 19.1 Å². The van der Waals surface area contributed by atoms with E-state index in [0.29, 0.717) is 22.8 Å². The van der Waals surface area contributed by atoms with Gasteiger partial charge in [0.1, 0.15) is 11.6 Å². The summed E-state index contributed by atoms with van der Waals surface area (Å²) in [6, 6.07) is 9.97. The molecule has 0 saturated carbocycles. The Labute approximate surface area is 111 Å². The lowest BCUT2D eigenvalue weighted by Gasteiger charge is -2.11. The Bertz CT molecular complexity index is 584. The van der Waals surface area contributed by atoms with Crippen LogP contribution in [-0.4, -0.2) is 7.11 Å². The van der Waals surface area contributed by atoms with E-state index in [9.17, 15) is 4.39 Å². The Morgan fingerprint density at radius 3 is 2.58 bits per heavy atom. The van der Waals surface area contributed by atoms with E-state index in [1.165, 1.54) is 12.1 Å². The minimum absolute atomic E-state index is 0.263. The van der Waals surface area contributed by atoms with Gasteiger partial charge in [-0.3, -0.25) is 0 Å². The fourth-order valence-corrected chi connectivity index (χ4v) is 1.78. The normalized spacial score (nSPS) is 10.3. The number of halogens is 1. The Hall–Kier alpha value is -2.07. The van der Waals surface area contributed by atoms with Crippen LogP contribution in [0.5, 0.6) is 17.2 Å². The molecule has 0 aliphatic rings. The molecule has 0 aromatic heterocycles. The number of methoxy groups -OCH3 is 1. The molecule has 19 heavy (non-hydrogen) atoms. The van der Waals surface area contributed by atoms with E-state index in [2.05, 4.69) is 0 Å². The molecular weight excluding hydrogens is 245 g/mol. The average Bonchev–Trinajstić information content (AvgIpc) is 2.40. The molecule has 0 heterocycles. The lowest BCUT2D eigenvalue weighted by Crippen LogP contribution is -1.98. The summed E-state index contributed by atoms with van der Waals surface area (Å²) in [5, 5.41) is 0. The van der Waals surface area contributed by atoms with Gasteiger partial charge in [0.25, 0.3) is 0 Å². The smallest absolute Gasteiger partial charge is 0.169 e. The minimum atomic E-state index is -0.371. The molecule has 0 saturated heterocycles. The zero-order chi connectivity index (χ0) is 13.8. The molecule has 3 nitrogen and oxygen atoms in total. The number of benzene rings is 2. The molecular formula is C15H16FNO2. The lowest BCUT2D eigenvalue weighted by molar-refractivity contribution is 0.377. The van der Waals surface area contributed by atoms with Crippen LogP contribution in [0.15, 0.2) is 36.4 Å². The van der Waals surface area contributed by atoms with Crippen molar-refractivity contribution in [2.24, 2.45) is 5.73 Å². The molecule has 0 radical (unpaired) electrons. The van der Waals surface area contributed by atoms with Crippen molar-refractivity contribution in [3.05, 3.63) is 53.3 Å². The summed E-state index contributed by atoms with van der Waals surface area (Å²) >= 11 is 0. The molecule has 100 valence electrons. The van der Waals surface area contributed by atoms with Crippen molar-refractivity contribution in [1.29, 1.82) is 0 Å². The topological polar surface area (TPSA) is 44.5 Å². The Morgan fingerprint density at radius 2 is 1.89 bits per heavy atom. The van der Waals surface area contributed by atoms with E-state index < -0.39 is 0 Å².